The topological polar surface area (TPSA) is 81.6 Å². The summed E-state index contributed by atoms with van der Waals surface area (Å²) in [5.74, 6) is 2.17. The minimum absolute atomic E-state index is 0.00476. The number of aryl methyl sites for hydroxylation is 3. The van der Waals surface area contributed by atoms with Crippen LogP contribution >= 0.6 is 0 Å². The average molecular weight is 357 g/mol. The van der Waals surface area contributed by atoms with E-state index < -0.39 is 0 Å². The highest BCUT2D eigenvalue weighted by molar-refractivity contribution is 5.76. The Kier molecular flexibility index (Phi) is 5.32. The van der Waals surface area contributed by atoms with E-state index in [1.165, 1.54) is 0 Å². The zero-order chi connectivity index (χ0) is 18.8. The van der Waals surface area contributed by atoms with Crippen molar-refractivity contribution in [2.75, 3.05) is 20.2 Å². The zero-order valence-corrected chi connectivity index (χ0v) is 16.0. The lowest BCUT2D eigenvalue weighted by molar-refractivity contribution is -0.123. The van der Waals surface area contributed by atoms with Crippen molar-refractivity contribution in [3.05, 3.63) is 34.7 Å². The standard InChI is InChI=1S/C20H27N3O3/c1-12-10-18(25-4)13(2)9-16(12)20-22-17(14(3)26-20)11-23-7-5-15(6-8-23)19(21)24/h9-10,15H,5-8,11H2,1-4H3,(H2,21,24). The molecule has 0 radical (unpaired) electrons. The SMILES string of the molecule is COc1cc(C)c(-c2nc(CN3CCC(C(N)=O)CC3)c(C)o2)cc1C. The lowest BCUT2D eigenvalue weighted by Gasteiger charge is -2.29. The summed E-state index contributed by atoms with van der Waals surface area (Å²) in [7, 11) is 1.68. The van der Waals surface area contributed by atoms with Crippen LogP contribution in [0.4, 0.5) is 0 Å². The number of carbonyl (C=O) groups excluding carboxylic acids is 1. The average Bonchev–Trinajstić information content (AvgIpc) is 2.97. The van der Waals surface area contributed by atoms with Crippen molar-refractivity contribution in [1.82, 2.24) is 9.88 Å². The Bertz CT molecular complexity index is 805. The summed E-state index contributed by atoms with van der Waals surface area (Å²) < 4.78 is 11.3. The Morgan fingerprint density at radius 3 is 2.58 bits per heavy atom. The van der Waals surface area contributed by atoms with E-state index in [0.717, 1.165) is 66.4 Å². The van der Waals surface area contributed by atoms with Crippen LogP contribution < -0.4 is 10.5 Å². The summed E-state index contributed by atoms with van der Waals surface area (Å²) in [4.78, 5) is 18.4. The second-order valence-electron chi connectivity index (χ2n) is 7.11. The van der Waals surface area contributed by atoms with Gasteiger partial charge in [0, 0.05) is 18.0 Å². The molecule has 2 heterocycles. The summed E-state index contributed by atoms with van der Waals surface area (Å²) in [5, 5.41) is 0. The first kappa shape index (κ1) is 18.5. The molecule has 1 aliphatic heterocycles. The highest BCUT2D eigenvalue weighted by Gasteiger charge is 2.24. The number of ether oxygens (including phenoxy) is 1. The van der Waals surface area contributed by atoms with Gasteiger partial charge in [0.1, 0.15) is 11.5 Å². The molecule has 1 aromatic heterocycles. The van der Waals surface area contributed by atoms with Gasteiger partial charge in [-0.15, -0.1) is 0 Å². The molecule has 2 N–H and O–H groups in total. The van der Waals surface area contributed by atoms with Crippen LogP contribution in [0.25, 0.3) is 11.5 Å². The molecule has 0 aliphatic carbocycles. The summed E-state index contributed by atoms with van der Waals surface area (Å²) in [5.41, 5.74) is 9.48. The number of hydrogen-bond donors (Lipinski definition) is 1. The largest absolute Gasteiger partial charge is 0.496 e. The first-order chi connectivity index (χ1) is 12.4. The van der Waals surface area contributed by atoms with Crippen molar-refractivity contribution in [2.45, 2.75) is 40.2 Å². The number of carbonyl (C=O) groups is 1. The molecule has 2 aromatic rings. The first-order valence-electron chi connectivity index (χ1n) is 9.02. The van der Waals surface area contributed by atoms with Crippen molar-refractivity contribution in [2.24, 2.45) is 11.7 Å². The number of nitrogens with zero attached hydrogens (tertiary/aromatic N) is 2. The molecule has 1 aliphatic rings. The molecular formula is C20H27N3O3. The van der Waals surface area contributed by atoms with Gasteiger partial charge in [-0.05, 0) is 70.0 Å². The van der Waals surface area contributed by atoms with Gasteiger partial charge in [0.05, 0.1) is 12.8 Å². The van der Waals surface area contributed by atoms with Gasteiger partial charge in [0.25, 0.3) is 0 Å². The molecular weight excluding hydrogens is 330 g/mol. The van der Waals surface area contributed by atoms with E-state index in [9.17, 15) is 4.79 Å². The maximum Gasteiger partial charge on any atom is 0.226 e. The van der Waals surface area contributed by atoms with Crippen LogP contribution in [0.1, 0.15) is 35.4 Å². The van der Waals surface area contributed by atoms with Crippen molar-refractivity contribution in [3.8, 4) is 17.2 Å². The fourth-order valence-electron chi connectivity index (χ4n) is 3.52. The van der Waals surface area contributed by atoms with Gasteiger partial charge in [0.15, 0.2) is 0 Å². The maximum absolute atomic E-state index is 11.3. The van der Waals surface area contributed by atoms with E-state index in [-0.39, 0.29) is 11.8 Å². The zero-order valence-electron chi connectivity index (χ0n) is 16.0. The van der Waals surface area contributed by atoms with Crippen molar-refractivity contribution in [1.29, 1.82) is 0 Å². The normalized spacial score (nSPS) is 16.0. The number of benzene rings is 1. The first-order valence-corrected chi connectivity index (χ1v) is 9.02. The van der Waals surface area contributed by atoms with Crippen LogP contribution in [0, 0.1) is 26.7 Å². The molecule has 6 heteroatoms. The number of oxazole rings is 1. The quantitative estimate of drug-likeness (QED) is 0.890. The molecule has 0 bridgehead atoms. The molecule has 0 saturated carbocycles. The Labute approximate surface area is 154 Å². The van der Waals surface area contributed by atoms with E-state index in [4.69, 9.17) is 19.9 Å². The summed E-state index contributed by atoms with van der Waals surface area (Å²) in [6, 6.07) is 4.07. The molecule has 26 heavy (non-hydrogen) atoms. The third-order valence-corrected chi connectivity index (χ3v) is 5.23. The minimum Gasteiger partial charge on any atom is -0.496 e. The lowest BCUT2D eigenvalue weighted by atomic mass is 9.96. The third-order valence-electron chi connectivity index (χ3n) is 5.23. The maximum atomic E-state index is 11.3. The van der Waals surface area contributed by atoms with Crippen molar-refractivity contribution in [3.63, 3.8) is 0 Å². The Morgan fingerprint density at radius 1 is 1.27 bits per heavy atom. The van der Waals surface area contributed by atoms with Gasteiger partial charge in [-0.2, -0.15) is 0 Å². The molecule has 1 fully saturated rings. The van der Waals surface area contributed by atoms with Gasteiger partial charge in [0.2, 0.25) is 11.8 Å². The number of amides is 1. The van der Waals surface area contributed by atoms with Gasteiger partial charge in [-0.25, -0.2) is 4.98 Å². The monoisotopic (exact) mass is 357 g/mol. The Morgan fingerprint density at radius 2 is 1.96 bits per heavy atom. The Hall–Kier alpha value is -2.34. The van der Waals surface area contributed by atoms with Gasteiger partial charge in [-0.1, -0.05) is 0 Å². The van der Waals surface area contributed by atoms with Gasteiger partial charge >= 0.3 is 0 Å². The molecule has 0 atom stereocenters. The summed E-state index contributed by atoms with van der Waals surface area (Å²) >= 11 is 0. The smallest absolute Gasteiger partial charge is 0.226 e. The van der Waals surface area contributed by atoms with Crippen LogP contribution in [0.5, 0.6) is 5.75 Å². The van der Waals surface area contributed by atoms with E-state index in [1.807, 2.05) is 26.8 Å². The fraction of sp³-hybridized carbons (Fsp3) is 0.500. The second-order valence-corrected chi connectivity index (χ2v) is 7.11. The van der Waals surface area contributed by atoms with Crippen LogP contribution in [-0.4, -0.2) is 36.0 Å². The number of rotatable bonds is 5. The summed E-state index contributed by atoms with van der Waals surface area (Å²) in [6.45, 7) is 8.45. The third kappa shape index (κ3) is 3.75. The number of aromatic nitrogens is 1. The van der Waals surface area contributed by atoms with Crippen LogP contribution in [-0.2, 0) is 11.3 Å². The summed E-state index contributed by atoms with van der Waals surface area (Å²) in [6.07, 6.45) is 1.63. The number of primary amides is 1. The van der Waals surface area contributed by atoms with Gasteiger partial charge in [-0.3, -0.25) is 9.69 Å². The molecule has 1 aromatic carbocycles. The van der Waals surface area contributed by atoms with Crippen LogP contribution in [0.15, 0.2) is 16.5 Å². The van der Waals surface area contributed by atoms with Crippen LogP contribution in [0.3, 0.4) is 0 Å². The Balaban J connectivity index is 1.76. The van der Waals surface area contributed by atoms with E-state index in [1.54, 1.807) is 7.11 Å². The van der Waals surface area contributed by atoms with Crippen molar-refractivity contribution < 1.29 is 13.9 Å². The van der Waals surface area contributed by atoms with Crippen molar-refractivity contribution >= 4 is 5.91 Å². The molecule has 140 valence electrons. The predicted octanol–water partition coefficient (Wildman–Crippen LogP) is 2.97. The molecule has 0 unspecified atom stereocenters. The molecule has 1 saturated heterocycles. The number of piperidine rings is 1. The van der Waals surface area contributed by atoms with Gasteiger partial charge < -0.3 is 14.9 Å². The molecule has 6 nitrogen and oxygen atoms in total. The van der Waals surface area contributed by atoms with E-state index >= 15 is 0 Å². The van der Waals surface area contributed by atoms with Crippen LogP contribution in [0.2, 0.25) is 0 Å². The molecule has 1 amide bonds. The number of nitrogens with two attached hydrogens (primary N) is 1. The highest BCUT2D eigenvalue weighted by atomic mass is 16.5. The number of likely N-dealkylation sites (tertiary alicyclic amines) is 1. The molecule has 0 spiro atoms. The van der Waals surface area contributed by atoms with E-state index in [2.05, 4.69) is 11.0 Å². The number of methoxy groups -OCH3 is 1. The van der Waals surface area contributed by atoms with E-state index in [0.29, 0.717) is 5.89 Å². The fourth-order valence-corrected chi connectivity index (χ4v) is 3.52. The predicted molar refractivity (Wildman–Crippen MR) is 99.9 cm³/mol. The second kappa shape index (κ2) is 7.50. The number of hydrogen-bond acceptors (Lipinski definition) is 5. The lowest BCUT2D eigenvalue weighted by Crippen LogP contribution is -2.38. The molecule has 3 rings (SSSR count). The minimum atomic E-state index is -0.185. The highest BCUT2D eigenvalue weighted by Crippen LogP contribution is 2.31.